The molecule has 1 aromatic rings. The van der Waals surface area contributed by atoms with Crippen LogP contribution >= 0.6 is 0 Å². The maximum absolute atomic E-state index is 11.8. The molecule has 0 radical (unpaired) electrons. The Hall–Kier alpha value is -2.10. The van der Waals surface area contributed by atoms with Gasteiger partial charge in [-0.15, -0.1) is 0 Å². The minimum Gasteiger partial charge on any atom is -0.466 e. The Labute approximate surface area is 125 Å². The second-order valence-corrected chi connectivity index (χ2v) is 4.74. The van der Waals surface area contributed by atoms with Crippen molar-refractivity contribution in [3.63, 3.8) is 0 Å². The van der Waals surface area contributed by atoms with Crippen LogP contribution < -0.4 is 0 Å². The Balaban J connectivity index is 2.18. The lowest BCUT2D eigenvalue weighted by atomic mass is 10.2. The molecule has 114 valence electrons. The first kappa shape index (κ1) is 17.0. The SMILES string of the molecule is CC(=O)OCCCC/C=C\C(C)OC(=O)c1ccccc1. The van der Waals surface area contributed by atoms with Crippen LogP contribution in [0.2, 0.25) is 0 Å². The van der Waals surface area contributed by atoms with Gasteiger partial charge in [0, 0.05) is 6.92 Å². The van der Waals surface area contributed by atoms with Crippen molar-refractivity contribution in [2.24, 2.45) is 0 Å². The number of rotatable bonds is 8. The van der Waals surface area contributed by atoms with Crippen LogP contribution in [0.15, 0.2) is 42.5 Å². The van der Waals surface area contributed by atoms with Crippen molar-refractivity contribution in [1.29, 1.82) is 0 Å². The normalized spacial score (nSPS) is 12.1. The molecule has 0 N–H and O–H groups in total. The zero-order valence-corrected chi connectivity index (χ0v) is 12.6. The van der Waals surface area contributed by atoms with Gasteiger partial charge in [-0.3, -0.25) is 4.79 Å². The number of esters is 2. The summed E-state index contributed by atoms with van der Waals surface area (Å²) in [6, 6.07) is 8.93. The summed E-state index contributed by atoms with van der Waals surface area (Å²) >= 11 is 0. The fourth-order valence-corrected chi connectivity index (χ4v) is 1.72. The third-order valence-electron chi connectivity index (χ3n) is 2.78. The first-order valence-electron chi connectivity index (χ1n) is 7.15. The Morgan fingerprint density at radius 2 is 1.90 bits per heavy atom. The number of allylic oxidation sites excluding steroid dienone is 1. The van der Waals surface area contributed by atoms with Crippen molar-refractivity contribution in [3.8, 4) is 0 Å². The van der Waals surface area contributed by atoms with Crippen LogP contribution in [0.25, 0.3) is 0 Å². The van der Waals surface area contributed by atoms with E-state index in [-0.39, 0.29) is 18.0 Å². The summed E-state index contributed by atoms with van der Waals surface area (Å²) < 4.78 is 10.1. The Morgan fingerprint density at radius 1 is 1.19 bits per heavy atom. The zero-order valence-electron chi connectivity index (χ0n) is 12.6. The van der Waals surface area contributed by atoms with Crippen molar-refractivity contribution in [2.75, 3.05) is 6.61 Å². The molecule has 1 rings (SSSR count). The highest BCUT2D eigenvalue weighted by molar-refractivity contribution is 5.89. The van der Waals surface area contributed by atoms with Crippen LogP contribution in [0, 0.1) is 0 Å². The maximum atomic E-state index is 11.8. The second kappa shape index (κ2) is 9.75. The van der Waals surface area contributed by atoms with Gasteiger partial charge in [0.15, 0.2) is 0 Å². The minimum absolute atomic E-state index is 0.244. The molecule has 0 saturated heterocycles. The van der Waals surface area contributed by atoms with Crippen LogP contribution in [0.1, 0.15) is 43.5 Å². The van der Waals surface area contributed by atoms with Gasteiger partial charge in [0.05, 0.1) is 12.2 Å². The van der Waals surface area contributed by atoms with E-state index >= 15 is 0 Å². The number of ether oxygens (including phenoxy) is 2. The number of hydrogen-bond donors (Lipinski definition) is 0. The molecule has 21 heavy (non-hydrogen) atoms. The molecular formula is C17H22O4. The molecule has 1 aromatic carbocycles. The fourth-order valence-electron chi connectivity index (χ4n) is 1.72. The van der Waals surface area contributed by atoms with Gasteiger partial charge < -0.3 is 9.47 Å². The molecule has 0 saturated carbocycles. The summed E-state index contributed by atoms with van der Waals surface area (Å²) in [4.78, 5) is 22.3. The first-order valence-corrected chi connectivity index (χ1v) is 7.15. The molecule has 0 spiro atoms. The van der Waals surface area contributed by atoms with Gasteiger partial charge in [0.2, 0.25) is 0 Å². The largest absolute Gasteiger partial charge is 0.466 e. The topological polar surface area (TPSA) is 52.6 Å². The van der Waals surface area contributed by atoms with Crippen LogP contribution in [0.3, 0.4) is 0 Å². The molecule has 0 amide bonds. The predicted molar refractivity (Wildman–Crippen MR) is 80.9 cm³/mol. The molecule has 0 aliphatic heterocycles. The molecule has 1 atom stereocenters. The van der Waals surface area contributed by atoms with E-state index in [9.17, 15) is 9.59 Å². The van der Waals surface area contributed by atoms with Crippen molar-refractivity contribution in [2.45, 2.75) is 39.2 Å². The van der Waals surface area contributed by atoms with Crippen molar-refractivity contribution in [1.82, 2.24) is 0 Å². The minimum atomic E-state index is -0.317. The number of unbranched alkanes of at least 4 members (excludes halogenated alkanes) is 2. The summed E-state index contributed by atoms with van der Waals surface area (Å²) in [7, 11) is 0. The quantitative estimate of drug-likeness (QED) is 0.417. The van der Waals surface area contributed by atoms with Crippen molar-refractivity contribution in [3.05, 3.63) is 48.0 Å². The van der Waals surface area contributed by atoms with E-state index in [2.05, 4.69) is 0 Å². The molecule has 0 heterocycles. The number of carbonyl (C=O) groups is 2. The van der Waals surface area contributed by atoms with E-state index < -0.39 is 0 Å². The number of benzene rings is 1. The molecule has 4 heteroatoms. The van der Waals surface area contributed by atoms with Crippen LogP contribution in [-0.4, -0.2) is 24.6 Å². The highest BCUT2D eigenvalue weighted by atomic mass is 16.5. The summed E-state index contributed by atoms with van der Waals surface area (Å²) in [5, 5.41) is 0. The van der Waals surface area contributed by atoms with Crippen LogP contribution in [0.4, 0.5) is 0 Å². The average molecular weight is 290 g/mol. The smallest absolute Gasteiger partial charge is 0.338 e. The third-order valence-corrected chi connectivity index (χ3v) is 2.78. The molecule has 1 unspecified atom stereocenters. The lowest BCUT2D eigenvalue weighted by molar-refractivity contribution is -0.141. The number of hydrogen-bond acceptors (Lipinski definition) is 4. The monoisotopic (exact) mass is 290 g/mol. The Bertz CT molecular complexity index is 465. The van der Waals surface area contributed by atoms with Gasteiger partial charge in [-0.2, -0.15) is 0 Å². The highest BCUT2D eigenvalue weighted by Crippen LogP contribution is 2.05. The van der Waals surface area contributed by atoms with E-state index in [4.69, 9.17) is 9.47 Å². The van der Waals surface area contributed by atoms with Gasteiger partial charge in [-0.05, 0) is 44.4 Å². The fraction of sp³-hybridized carbons (Fsp3) is 0.412. The lowest BCUT2D eigenvalue weighted by Crippen LogP contribution is -2.12. The molecule has 0 aliphatic carbocycles. The second-order valence-electron chi connectivity index (χ2n) is 4.74. The molecule has 0 fully saturated rings. The van der Waals surface area contributed by atoms with Gasteiger partial charge in [-0.1, -0.05) is 24.3 Å². The Kier molecular flexibility index (Phi) is 7.87. The molecule has 0 aliphatic rings. The zero-order chi connectivity index (χ0) is 15.5. The molecule has 0 bridgehead atoms. The van der Waals surface area contributed by atoms with E-state index in [1.807, 2.05) is 25.1 Å². The van der Waals surface area contributed by atoms with Gasteiger partial charge in [0.1, 0.15) is 6.10 Å². The summed E-state index contributed by atoms with van der Waals surface area (Å²) in [5.74, 6) is -0.561. The first-order chi connectivity index (χ1) is 10.1. The predicted octanol–water partition coefficient (Wildman–Crippen LogP) is 3.52. The van der Waals surface area contributed by atoms with Crippen LogP contribution in [0.5, 0.6) is 0 Å². The van der Waals surface area contributed by atoms with E-state index in [1.54, 1.807) is 24.3 Å². The standard InChI is InChI=1S/C17H22O4/c1-14(10-6-3-4-9-13-20-15(2)18)21-17(19)16-11-7-5-8-12-16/h5-8,10-12,14H,3-4,9,13H2,1-2H3/b10-6-. The Morgan fingerprint density at radius 3 is 2.57 bits per heavy atom. The molecular weight excluding hydrogens is 268 g/mol. The van der Waals surface area contributed by atoms with Gasteiger partial charge >= 0.3 is 11.9 Å². The van der Waals surface area contributed by atoms with Crippen molar-refractivity contribution < 1.29 is 19.1 Å². The van der Waals surface area contributed by atoms with E-state index in [1.165, 1.54) is 6.92 Å². The maximum Gasteiger partial charge on any atom is 0.338 e. The van der Waals surface area contributed by atoms with Crippen molar-refractivity contribution >= 4 is 11.9 Å². The van der Waals surface area contributed by atoms with Gasteiger partial charge in [0.25, 0.3) is 0 Å². The molecule has 0 aromatic heterocycles. The number of carbonyl (C=O) groups excluding carboxylic acids is 2. The van der Waals surface area contributed by atoms with Crippen LogP contribution in [-0.2, 0) is 14.3 Å². The summed E-state index contributed by atoms with van der Waals surface area (Å²) in [6.07, 6.45) is 6.23. The van der Waals surface area contributed by atoms with Gasteiger partial charge in [-0.25, -0.2) is 4.79 Å². The van der Waals surface area contributed by atoms with E-state index in [0.717, 1.165) is 19.3 Å². The third kappa shape index (κ3) is 7.92. The molecule has 4 nitrogen and oxygen atoms in total. The highest BCUT2D eigenvalue weighted by Gasteiger charge is 2.08. The average Bonchev–Trinajstić information content (AvgIpc) is 2.46. The summed E-state index contributed by atoms with van der Waals surface area (Å²) in [5.41, 5.74) is 0.555. The van der Waals surface area contributed by atoms with E-state index in [0.29, 0.717) is 12.2 Å². The lowest BCUT2D eigenvalue weighted by Gasteiger charge is -2.09. The summed E-state index contributed by atoms with van der Waals surface area (Å²) in [6.45, 7) is 3.70.